The molecule has 31 heavy (non-hydrogen) atoms. The zero-order valence-electron chi connectivity index (χ0n) is 18.5. The lowest BCUT2D eigenvalue weighted by Crippen LogP contribution is -2.42. The topological polar surface area (TPSA) is 69.1 Å². The summed E-state index contributed by atoms with van der Waals surface area (Å²) in [5.41, 5.74) is 3.25. The van der Waals surface area contributed by atoms with Crippen molar-refractivity contribution >= 4 is 29.9 Å². The van der Waals surface area contributed by atoms with Gasteiger partial charge in [0.05, 0.1) is 26.3 Å². The molecule has 2 aromatic rings. The smallest absolute Gasteiger partial charge is 0.191 e. The van der Waals surface area contributed by atoms with E-state index in [9.17, 15) is 5.11 Å². The number of aliphatic hydroxyl groups is 1. The first-order chi connectivity index (χ1) is 14.7. The number of likely N-dealkylation sites (tertiary alicyclic amines) is 1. The second-order valence-corrected chi connectivity index (χ2v) is 7.53. The molecule has 0 spiro atoms. The Hall–Kier alpha value is -1.84. The summed E-state index contributed by atoms with van der Waals surface area (Å²) in [6, 6.07) is 16.5. The quantitative estimate of drug-likeness (QED) is 0.258. The van der Waals surface area contributed by atoms with Gasteiger partial charge in [-0.25, -0.2) is 4.99 Å². The maximum Gasteiger partial charge on any atom is 0.191 e. The molecule has 0 radical (unpaired) electrons. The molecule has 0 saturated carbocycles. The van der Waals surface area contributed by atoms with Crippen LogP contribution in [0.1, 0.15) is 42.5 Å². The molecular weight excluding hydrogens is 503 g/mol. The van der Waals surface area contributed by atoms with E-state index in [2.05, 4.69) is 34.6 Å². The molecule has 0 amide bonds. The van der Waals surface area contributed by atoms with Crippen LogP contribution in [0.5, 0.6) is 5.75 Å². The molecule has 1 aliphatic rings. The third kappa shape index (κ3) is 7.36. The van der Waals surface area contributed by atoms with Crippen molar-refractivity contribution in [2.75, 3.05) is 33.3 Å². The highest BCUT2D eigenvalue weighted by Crippen LogP contribution is 2.26. The molecule has 0 aromatic heterocycles. The molecule has 170 valence electrons. The van der Waals surface area contributed by atoms with Gasteiger partial charge in [-0.3, -0.25) is 4.90 Å². The van der Waals surface area contributed by atoms with Gasteiger partial charge in [0.15, 0.2) is 5.96 Å². The molecule has 0 aliphatic carbocycles. The third-order valence-corrected chi connectivity index (χ3v) is 5.59. The highest BCUT2D eigenvalue weighted by molar-refractivity contribution is 14.0. The Morgan fingerprint density at radius 3 is 2.35 bits per heavy atom. The van der Waals surface area contributed by atoms with Crippen LogP contribution in [0.15, 0.2) is 53.5 Å². The van der Waals surface area contributed by atoms with Gasteiger partial charge in [-0.1, -0.05) is 36.4 Å². The number of nitrogens with zero attached hydrogens (tertiary/aromatic N) is 2. The van der Waals surface area contributed by atoms with Gasteiger partial charge in [0.2, 0.25) is 0 Å². The third-order valence-electron chi connectivity index (χ3n) is 5.59. The summed E-state index contributed by atoms with van der Waals surface area (Å²) in [7, 11) is 1.70. The number of guanidine groups is 1. The van der Waals surface area contributed by atoms with E-state index < -0.39 is 0 Å². The fraction of sp³-hybridized carbons (Fsp3) is 0.458. The number of benzene rings is 2. The maximum atomic E-state index is 9.55. The second-order valence-electron chi connectivity index (χ2n) is 7.53. The second kappa shape index (κ2) is 13.5. The summed E-state index contributed by atoms with van der Waals surface area (Å²) < 4.78 is 5.32. The molecule has 1 atom stereocenters. The zero-order valence-corrected chi connectivity index (χ0v) is 20.8. The lowest BCUT2D eigenvalue weighted by molar-refractivity contribution is 0.245. The highest BCUT2D eigenvalue weighted by Gasteiger charge is 2.23. The van der Waals surface area contributed by atoms with E-state index >= 15 is 0 Å². The molecule has 1 unspecified atom stereocenters. The van der Waals surface area contributed by atoms with Gasteiger partial charge in [-0.15, -0.1) is 24.0 Å². The lowest BCUT2D eigenvalue weighted by Gasteiger charge is -2.29. The van der Waals surface area contributed by atoms with Crippen LogP contribution in [0.3, 0.4) is 0 Å². The van der Waals surface area contributed by atoms with Crippen molar-refractivity contribution in [3.8, 4) is 5.75 Å². The minimum Gasteiger partial charge on any atom is -0.497 e. The summed E-state index contributed by atoms with van der Waals surface area (Å²) in [6.07, 6.45) is 2.50. The van der Waals surface area contributed by atoms with Gasteiger partial charge in [-0.05, 0) is 61.7 Å². The van der Waals surface area contributed by atoms with Crippen molar-refractivity contribution in [1.29, 1.82) is 0 Å². The van der Waals surface area contributed by atoms with Crippen molar-refractivity contribution in [3.05, 3.63) is 65.2 Å². The van der Waals surface area contributed by atoms with Crippen LogP contribution in [0.25, 0.3) is 0 Å². The predicted molar refractivity (Wildman–Crippen MR) is 137 cm³/mol. The first-order valence-electron chi connectivity index (χ1n) is 10.8. The van der Waals surface area contributed by atoms with E-state index in [4.69, 9.17) is 9.73 Å². The van der Waals surface area contributed by atoms with Crippen LogP contribution >= 0.6 is 24.0 Å². The van der Waals surface area contributed by atoms with Gasteiger partial charge in [-0.2, -0.15) is 0 Å². The van der Waals surface area contributed by atoms with Crippen molar-refractivity contribution in [3.63, 3.8) is 0 Å². The molecule has 0 bridgehead atoms. The van der Waals surface area contributed by atoms with Gasteiger partial charge < -0.3 is 20.5 Å². The van der Waals surface area contributed by atoms with E-state index in [1.165, 1.54) is 18.4 Å². The molecule has 1 fully saturated rings. The van der Waals surface area contributed by atoms with E-state index in [1.54, 1.807) is 7.11 Å². The summed E-state index contributed by atoms with van der Waals surface area (Å²) in [5.74, 6) is 1.67. The first-order valence-corrected chi connectivity index (χ1v) is 10.8. The average molecular weight is 538 g/mol. The summed E-state index contributed by atoms with van der Waals surface area (Å²) in [4.78, 5) is 7.30. The Morgan fingerprint density at radius 1 is 1.06 bits per heavy atom. The number of ether oxygens (including phenoxy) is 1. The number of methoxy groups -OCH3 is 1. The molecule has 2 aromatic carbocycles. The number of halogens is 1. The lowest BCUT2D eigenvalue weighted by atomic mass is 10.1. The largest absolute Gasteiger partial charge is 0.497 e. The number of aliphatic imine (C=N–C) groups is 1. The first kappa shape index (κ1) is 25.4. The number of hydrogen-bond donors (Lipinski definition) is 3. The summed E-state index contributed by atoms with van der Waals surface area (Å²) >= 11 is 0. The Balaban J connectivity index is 0.00000341. The van der Waals surface area contributed by atoms with Crippen molar-refractivity contribution < 1.29 is 9.84 Å². The Bertz CT molecular complexity index is 807. The molecule has 7 heteroatoms. The van der Waals surface area contributed by atoms with Gasteiger partial charge >= 0.3 is 0 Å². The van der Waals surface area contributed by atoms with Crippen LogP contribution in [0.2, 0.25) is 0 Å². The van der Waals surface area contributed by atoms with Crippen molar-refractivity contribution in [2.24, 2.45) is 4.99 Å². The van der Waals surface area contributed by atoms with Crippen LogP contribution < -0.4 is 15.4 Å². The SMILES string of the molecule is CCNC(=NCc1ccccc1CO)NCC(c1ccc(OC)cc1)N1CCCC1.I. The van der Waals surface area contributed by atoms with Crippen LogP contribution in [0.4, 0.5) is 0 Å². The minimum absolute atomic E-state index is 0. The predicted octanol–water partition coefficient (Wildman–Crippen LogP) is 3.70. The standard InChI is InChI=1S/C24H34N4O2.HI/c1-3-25-24(26-16-20-8-4-5-9-21(20)18-29)27-17-23(28-14-6-7-15-28)19-10-12-22(30-2)13-11-19;/h4-5,8-13,23,29H,3,6-7,14-18H2,1-2H3,(H2,25,26,27);1H. The zero-order chi connectivity index (χ0) is 21.2. The minimum atomic E-state index is 0. The average Bonchev–Trinajstić information content (AvgIpc) is 3.32. The maximum absolute atomic E-state index is 9.55. The van der Waals surface area contributed by atoms with Gasteiger partial charge in [0.1, 0.15) is 5.75 Å². The Kier molecular flexibility index (Phi) is 11.1. The molecule has 1 saturated heterocycles. The normalized spacial score (nSPS) is 15.3. The van der Waals surface area contributed by atoms with Crippen LogP contribution in [-0.4, -0.2) is 49.3 Å². The van der Waals surface area contributed by atoms with E-state index in [0.29, 0.717) is 6.54 Å². The number of rotatable bonds is 9. The van der Waals surface area contributed by atoms with E-state index in [1.807, 2.05) is 36.4 Å². The fourth-order valence-electron chi connectivity index (χ4n) is 3.90. The van der Waals surface area contributed by atoms with Crippen molar-refractivity contribution in [1.82, 2.24) is 15.5 Å². The number of nitrogens with one attached hydrogen (secondary N) is 2. The molecular formula is C24H35IN4O2. The summed E-state index contributed by atoms with van der Waals surface area (Å²) in [6.45, 7) is 6.45. The monoisotopic (exact) mass is 538 g/mol. The molecule has 6 nitrogen and oxygen atoms in total. The van der Waals surface area contributed by atoms with Gasteiger partial charge in [0, 0.05) is 13.1 Å². The van der Waals surface area contributed by atoms with E-state index in [0.717, 1.165) is 49.0 Å². The highest BCUT2D eigenvalue weighted by atomic mass is 127. The summed E-state index contributed by atoms with van der Waals surface area (Å²) in [5, 5.41) is 16.4. The molecule has 1 aliphatic heterocycles. The molecule has 1 heterocycles. The van der Waals surface area contributed by atoms with E-state index in [-0.39, 0.29) is 36.6 Å². The number of aliphatic hydroxyl groups excluding tert-OH is 1. The molecule has 3 rings (SSSR count). The van der Waals surface area contributed by atoms with Crippen LogP contribution in [-0.2, 0) is 13.2 Å². The number of hydrogen-bond acceptors (Lipinski definition) is 4. The van der Waals surface area contributed by atoms with Gasteiger partial charge in [0.25, 0.3) is 0 Å². The van der Waals surface area contributed by atoms with Crippen molar-refractivity contribution in [2.45, 2.75) is 39.0 Å². The van der Waals surface area contributed by atoms with Crippen LogP contribution in [0, 0.1) is 0 Å². The Morgan fingerprint density at radius 2 is 1.74 bits per heavy atom. The fourth-order valence-corrected chi connectivity index (χ4v) is 3.90. The molecule has 3 N–H and O–H groups in total. The Labute approximate surface area is 203 Å².